The Balaban J connectivity index is 2.46. The van der Waals surface area contributed by atoms with Gasteiger partial charge in [-0.1, -0.05) is 0 Å². The van der Waals surface area contributed by atoms with Crippen LogP contribution < -0.4 is 5.32 Å². The summed E-state index contributed by atoms with van der Waals surface area (Å²) < 4.78 is 0. The molecule has 0 aliphatic carbocycles. The minimum absolute atomic E-state index is 0.486. The van der Waals surface area contributed by atoms with Gasteiger partial charge in [-0.3, -0.25) is 10.1 Å². The number of hydrogen-bond donors (Lipinski definition) is 2. The van der Waals surface area contributed by atoms with Crippen molar-refractivity contribution in [2.24, 2.45) is 0 Å². The molecule has 14 heavy (non-hydrogen) atoms. The van der Waals surface area contributed by atoms with E-state index in [1.165, 1.54) is 11.3 Å². The van der Waals surface area contributed by atoms with Gasteiger partial charge in [-0.25, -0.2) is 0 Å². The third-order valence-electron chi connectivity index (χ3n) is 1.74. The fourth-order valence-corrected chi connectivity index (χ4v) is 1.63. The lowest BCUT2D eigenvalue weighted by Gasteiger charge is -2.06. The molecule has 0 saturated carbocycles. The van der Waals surface area contributed by atoms with Gasteiger partial charge in [-0.15, -0.1) is 11.3 Å². The molecule has 1 heterocycles. The SMILES string of the molecule is CC(NCc1cc(C#N)cs1)C(=O)O. The Morgan fingerprint density at radius 2 is 2.57 bits per heavy atom. The summed E-state index contributed by atoms with van der Waals surface area (Å²) in [5.41, 5.74) is 0.620. The lowest BCUT2D eigenvalue weighted by Crippen LogP contribution is -2.32. The average molecular weight is 210 g/mol. The molecule has 4 nitrogen and oxygen atoms in total. The predicted octanol–water partition coefficient (Wildman–Crippen LogP) is 1.18. The Bertz CT molecular complexity index is 367. The molecule has 1 rings (SSSR count). The number of thiophene rings is 1. The first kappa shape index (κ1) is 10.7. The fraction of sp³-hybridized carbons (Fsp3) is 0.333. The molecule has 74 valence electrons. The van der Waals surface area contributed by atoms with Crippen molar-refractivity contribution in [2.45, 2.75) is 19.5 Å². The van der Waals surface area contributed by atoms with E-state index in [0.717, 1.165) is 4.88 Å². The third-order valence-corrected chi connectivity index (χ3v) is 2.67. The molecule has 0 amide bonds. The summed E-state index contributed by atoms with van der Waals surface area (Å²) in [6.07, 6.45) is 0. The molecule has 1 aromatic rings. The first-order valence-corrected chi connectivity index (χ1v) is 4.95. The van der Waals surface area contributed by atoms with E-state index in [4.69, 9.17) is 10.4 Å². The van der Waals surface area contributed by atoms with Crippen LogP contribution in [-0.2, 0) is 11.3 Å². The van der Waals surface area contributed by atoms with Crippen LogP contribution >= 0.6 is 11.3 Å². The number of rotatable bonds is 4. The van der Waals surface area contributed by atoms with Crippen molar-refractivity contribution in [1.82, 2.24) is 5.32 Å². The van der Waals surface area contributed by atoms with Gasteiger partial charge in [0.1, 0.15) is 12.1 Å². The maximum atomic E-state index is 10.5. The van der Waals surface area contributed by atoms with Crippen molar-refractivity contribution in [2.75, 3.05) is 0 Å². The molecule has 2 N–H and O–H groups in total. The van der Waals surface area contributed by atoms with Crippen LogP contribution in [0.15, 0.2) is 11.4 Å². The molecule has 0 spiro atoms. The van der Waals surface area contributed by atoms with Crippen LogP contribution in [0.25, 0.3) is 0 Å². The predicted molar refractivity (Wildman–Crippen MR) is 53.0 cm³/mol. The smallest absolute Gasteiger partial charge is 0.320 e. The van der Waals surface area contributed by atoms with Gasteiger partial charge in [0, 0.05) is 16.8 Å². The molecular weight excluding hydrogens is 200 g/mol. The van der Waals surface area contributed by atoms with Crippen LogP contribution in [0, 0.1) is 11.3 Å². The van der Waals surface area contributed by atoms with Crippen LogP contribution in [0.5, 0.6) is 0 Å². The zero-order valence-corrected chi connectivity index (χ0v) is 8.47. The van der Waals surface area contributed by atoms with Gasteiger partial charge in [0.05, 0.1) is 5.56 Å². The van der Waals surface area contributed by atoms with Crippen molar-refractivity contribution in [3.63, 3.8) is 0 Å². The Labute approximate surface area is 85.8 Å². The molecule has 0 aliphatic rings. The van der Waals surface area contributed by atoms with Gasteiger partial charge in [0.2, 0.25) is 0 Å². The lowest BCUT2D eigenvalue weighted by atomic mass is 10.3. The minimum Gasteiger partial charge on any atom is -0.480 e. The number of aliphatic carboxylic acids is 1. The second kappa shape index (κ2) is 4.74. The van der Waals surface area contributed by atoms with Crippen molar-refractivity contribution in [1.29, 1.82) is 5.26 Å². The summed E-state index contributed by atoms with van der Waals surface area (Å²) in [6, 6.07) is 3.21. The summed E-state index contributed by atoms with van der Waals surface area (Å²) in [5.74, 6) is -0.873. The summed E-state index contributed by atoms with van der Waals surface area (Å²) >= 11 is 1.45. The second-order valence-corrected chi connectivity index (χ2v) is 3.85. The number of nitriles is 1. The van der Waals surface area contributed by atoms with Crippen LogP contribution in [0.2, 0.25) is 0 Å². The molecule has 0 saturated heterocycles. The largest absolute Gasteiger partial charge is 0.480 e. The topological polar surface area (TPSA) is 73.1 Å². The summed E-state index contributed by atoms with van der Waals surface area (Å²) in [5, 5.41) is 21.7. The Hall–Kier alpha value is -1.38. The van der Waals surface area contributed by atoms with Crippen LogP contribution in [0.4, 0.5) is 0 Å². The second-order valence-electron chi connectivity index (χ2n) is 2.85. The number of hydrogen-bond acceptors (Lipinski definition) is 4. The zero-order chi connectivity index (χ0) is 10.6. The molecule has 0 bridgehead atoms. The van der Waals surface area contributed by atoms with Crippen molar-refractivity contribution < 1.29 is 9.90 Å². The van der Waals surface area contributed by atoms with Crippen LogP contribution in [0.3, 0.4) is 0 Å². The van der Waals surface area contributed by atoms with E-state index in [9.17, 15) is 4.79 Å². The highest BCUT2D eigenvalue weighted by molar-refractivity contribution is 7.10. The van der Waals surface area contributed by atoms with Gasteiger partial charge >= 0.3 is 5.97 Å². The highest BCUT2D eigenvalue weighted by atomic mass is 32.1. The molecule has 0 fully saturated rings. The lowest BCUT2D eigenvalue weighted by molar-refractivity contribution is -0.139. The maximum Gasteiger partial charge on any atom is 0.320 e. The highest BCUT2D eigenvalue weighted by Crippen LogP contribution is 2.13. The average Bonchev–Trinajstić information content (AvgIpc) is 2.61. The van der Waals surface area contributed by atoms with E-state index in [0.29, 0.717) is 12.1 Å². The number of nitrogens with zero attached hydrogens (tertiary/aromatic N) is 1. The van der Waals surface area contributed by atoms with Crippen molar-refractivity contribution >= 4 is 17.3 Å². The standard InChI is InChI=1S/C9H10N2O2S/c1-6(9(12)13)11-4-8-2-7(3-10)5-14-8/h2,5-6,11H,4H2,1H3,(H,12,13). The molecule has 5 heteroatoms. The Morgan fingerprint density at radius 1 is 1.86 bits per heavy atom. The monoisotopic (exact) mass is 210 g/mol. The van der Waals surface area contributed by atoms with Gasteiger partial charge in [0.15, 0.2) is 0 Å². The molecule has 1 unspecified atom stereocenters. The molecule has 0 aliphatic heterocycles. The third kappa shape index (κ3) is 2.83. The van der Waals surface area contributed by atoms with Gasteiger partial charge in [-0.2, -0.15) is 5.26 Å². The Morgan fingerprint density at radius 3 is 3.07 bits per heavy atom. The van der Waals surface area contributed by atoms with Gasteiger partial charge < -0.3 is 5.11 Å². The molecule has 1 atom stereocenters. The maximum absolute atomic E-state index is 10.5. The van der Waals surface area contributed by atoms with E-state index in [1.807, 2.05) is 6.07 Å². The molecule has 1 aromatic heterocycles. The normalized spacial score (nSPS) is 12.0. The summed E-state index contributed by atoms with van der Waals surface area (Å²) in [6.45, 7) is 2.07. The number of carboxylic acids is 1. The highest BCUT2D eigenvalue weighted by Gasteiger charge is 2.09. The van der Waals surface area contributed by atoms with E-state index in [1.54, 1.807) is 18.4 Å². The van der Waals surface area contributed by atoms with E-state index >= 15 is 0 Å². The molecular formula is C9H10N2O2S. The zero-order valence-electron chi connectivity index (χ0n) is 7.65. The number of carboxylic acid groups (broad SMARTS) is 1. The van der Waals surface area contributed by atoms with Crippen LogP contribution in [-0.4, -0.2) is 17.1 Å². The Kier molecular flexibility index (Phi) is 3.63. The first-order chi connectivity index (χ1) is 6.63. The quantitative estimate of drug-likeness (QED) is 0.782. The van der Waals surface area contributed by atoms with Gasteiger partial charge in [0.25, 0.3) is 0 Å². The van der Waals surface area contributed by atoms with Gasteiger partial charge in [-0.05, 0) is 13.0 Å². The van der Waals surface area contributed by atoms with E-state index < -0.39 is 12.0 Å². The first-order valence-electron chi connectivity index (χ1n) is 4.07. The van der Waals surface area contributed by atoms with E-state index in [-0.39, 0.29) is 0 Å². The summed E-state index contributed by atoms with van der Waals surface area (Å²) in [4.78, 5) is 11.4. The van der Waals surface area contributed by atoms with E-state index in [2.05, 4.69) is 5.32 Å². The molecule has 0 aromatic carbocycles. The van der Waals surface area contributed by atoms with Crippen molar-refractivity contribution in [3.05, 3.63) is 21.9 Å². The molecule has 0 radical (unpaired) electrons. The van der Waals surface area contributed by atoms with Crippen molar-refractivity contribution in [3.8, 4) is 6.07 Å². The number of carbonyl (C=O) groups is 1. The fourth-order valence-electron chi connectivity index (χ4n) is 0.873. The minimum atomic E-state index is -0.873. The van der Waals surface area contributed by atoms with Crippen LogP contribution in [0.1, 0.15) is 17.4 Å². The number of nitrogens with one attached hydrogen (secondary N) is 1. The summed E-state index contributed by atoms with van der Waals surface area (Å²) in [7, 11) is 0.